The number of hydrogen-bond acceptors (Lipinski definition) is 3. The number of aromatic amines is 1. The number of amides is 1. The van der Waals surface area contributed by atoms with E-state index in [1.807, 2.05) is 6.92 Å². The van der Waals surface area contributed by atoms with Gasteiger partial charge in [0.25, 0.3) is 5.56 Å². The summed E-state index contributed by atoms with van der Waals surface area (Å²) in [4.78, 5) is 26.1. The third kappa shape index (κ3) is 4.21. The fraction of sp³-hybridized carbons (Fsp3) is 0.455. The summed E-state index contributed by atoms with van der Waals surface area (Å²) in [7, 11) is 0. The molecule has 0 saturated carbocycles. The van der Waals surface area contributed by atoms with Gasteiger partial charge in [-0.25, -0.2) is 0 Å². The molecule has 1 unspecified atom stereocenters. The van der Waals surface area contributed by atoms with Crippen molar-refractivity contribution in [2.45, 2.75) is 13.3 Å². The molecule has 1 amide bonds. The van der Waals surface area contributed by atoms with Crippen molar-refractivity contribution in [2.75, 3.05) is 18.4 Å². The molecule has 1 saturated heterocycles. The largest absolute Gasteiger partial charge is 0.326 e. The number of rotatable bonds is 2. The Hall–Kier alpha value is -0.560. The highest BCUT2D eigenvalue weighted by Gasteiger charge is 2.36. The summed E-state index contributed by atoms with van der Waals surface area (Å²) in [5, 5.41) is 5.83. The lowest BCUT2D eigenvalue weighted by Crippen LogP contribution is -2.36. The zero-order valence-corrected chi connectivity index (χ0v) is 13.5. The minimum absolute atomic E-state index is 0. The van der Waals surface area contributed by atoms with E-state index < -0.39 is 5.41 Å². The second kappa shape index (κ2) is 7.28. The van der Waals surface area contributed by atoms with Gasteiger partial charge in [0, 0.05) is 17.2 Å². The lowest BCUT2D eigenvalue weighted by Gasteiger charge is -2.21. The van der Waals surface area contributed by atoms with E-state index in [0.29, 0.717) is 6.54 Å². The van der Waals surface area contributed by atoms with Crippen molar-refractivity contribution in [3.63, 3.8) is 0 Å². The van der Waals surface area contributed by atoms with Crippen LogP contribution in [-0.4, -0.2) is 24.0 Å². The summed E-state index contributed by atoms with van der Waals surface area (Å²) in [6, 6.07) is 1.60. The van der Waals surface area contributed by atoms with Crippen molar-refractivity contribution in [3.8, 4) is 0 Å². The quantitative estimate of drug-likeness (QED) is 0.742. The van der Waals surface area contributed by atoms with E-state index in [4.69, 9.17) is 0 Å². The molecule has 0 aromatic carbocycles. The van der Waals surface area contributed by atoms with Crippen molar-refractivity contribution >= 4 is 52.3 Å². The maximum atomic E-state index is 12.1. The van der Waals surface area contributed by atoms with Gasteiger partial charge < -0.3 is 15.6 Å². The summed E-state index contributed by atoms with van der Waals surface area (Å²) in [5.74, 6) is -0.119. The van der Waals surface area contributed by atoms with Gasteiger partial charge in [-0.2, -0.15) is 0 Å². The van der Waals surface area contributed by atoms with E-state index in [1.165, 1.54) is 6.20 Å². The van der Waals surface area contributed by atoms with Crippen molar-refractivity contribution in [1.82, 2.24) is 10.3 Å². The van der Waals surface area contributed by atoms with E-state index in [9.17, 15) is 9.59 Å². The van der Waals surface area contributed by atoms with Crippen molar-refractivity contribution in [3.05, 3.63) is 27.1 Å². The van der Waals surface area contributed by atoms with Gasteiger partial charge in [0.2, 0.25) is 5.91 Å². The first kappa shape index (κ1) is 18.4. The highest BCUT2D eigenvalue weighted by atomic mass is 79.9. The summed E-state index contributed by atoms with van der Waals surface area (Å²) in [5.41, 5.74) is -0.456. The average molecular weight is 373 g/mol. The van der Waals surface area contributed by atoms with Crippen LogP contribution < -0.4 is 16.2 Å². The zero-order valence-electron chi connectivity index (χ0n) is 10.3. The van der Waals surface area contributed by atoms with Gasteiger partial charge in [-0.3, -0.25) is 9.59 Å². The Bertz CT molecular complexity index is 501. The van der Waals surface area contributed by atoms with Crippen LogP contribution in [0.25, 0.3) is 0 Å². The molecule has 0 aliphatic carbocycles. The van der Waals surface area contributed by atoms with Gasteiger partial charge in [0.1, 0.15) is 5.69 Å². The van der Waals surface area contributed by atoms with Crippen molar-refractivity contribution < 1.29 is 4.79 Å². The first-order valence-electron chi connectivity index (χ1n) is 5.42. The molecule has 0 bridgehead atoms. The van der Waals surface area contributed by atoms with Crippen LogP contribution in [0, 0.1) is 5.41 Å². The molecule has 1 aliphatic heterocycles. The second-order valence-corrected chi connectivity index (χ2v) is 5.42. The van der Waals surface area contributed by atoms with Crippen LogP contribution >= 0.6 is 40.7 Å². The minimum Gasteiger partial charge on any atom is -0.326 e. The molecule has 2 rings (SSSR count). The summed E-state index contributed by atoms with van der Waals surface area (Å²) < 4.78 is 0.724. The van der Waals surface area contributed by atoms with E-state index >= 15 is 0 Å². The SMILES string of the molecule is CC1(C(=O)Nc2cc(Br)c[nH]c2=O)CCNC1.Cl.Cl. The number of aromatic nitrogens is 1. The number of hydrogen-bond donors (Lipinski definition) is 3. The van der Waals surface area contributed by atoms with Crippen LogP contribution in [-0.2, 0) is 4.79 Å². The van der Waals surface area contributed by atoms with Gasteiger partial charge in [0.05, 0.1) is 5.41 Å². The number of H-pyrrole nitrogens is 1. The molecular formula is C11H16BrCl2N3O2. The lowest BCUT2D eigenvalue weighted by atomic mass is 9.89. The number of pyridine rings is 1. The molecule has 1 atom stereocenters. The minimum atomic E-state index is -0.436. The molecule has 0 spiro atoms. The predicted molar refractivity (Wildman–Crippen MR) is 83.5 cm³/mol. The van der Waals surface area contributed by atoms with Crippen LogP contribution in [0.1, 0.15) is 13.3 Å². The second-order valence-electron chi connectivity index (χ2n) is 4.50. The summed E-state index contributed by atoms with van der Waals surface area (Å²) in [6.45, 7) is 3.37. The standard InChI is InChI=1S/C11H14BrN3O2.2ClH/c1-11(2-3-13-6-11)10(17)15-8-4-7(12)5-14-9(8)16;;/h4-5,13H,2-3,6H2,1H3,(H,14,16)(H,15,17);2*1H. The lowest BCUT2D eigenvalue weighted by molar-refractivity contribution is -0.123. The molecule has 1 aromatic rings. The normalized spacial score (nSPS) is 21.2. The van der Waals surface area contributed by atoms with Gasteiger partial charge in [-0.15, -0.1) is 24.8 Å². The number of nitrogens with one attached hydrogen (secondary N) is 3. The van der Waals surface area contributed by atoms with Gasteiger partial charge >= 0.3 is 0 Å². The summed E-state index contributed by atoms with van der Waals surface area (Å²) in [6.07, 6.45) is 2.32. The van der Waals surface area contributed by atoms with Gasteiger partial charge in [0.15, 0.2) is 0 Å². The van der Waals surface area contributed by atoms with Gasteiger partial charge in [-0.1, -0.05) is 0 Å². The Kier molecular flexibility index (Phi) is 7.07. The van der Waals surface area contributed by atoms with E-state index in [0.717, 1.165) is 17.4 Å². The van der Waals surface area contributed by atoms with Crippen LogP contribution in [0.2, 0.25) is 0 Å². The van der Waals surface area contributed by atoms with Crippen LogP contribution in [0.15, 0.2) is 21.5 Å². The fourth-order valence-corrected chi connectivity index (χ4v) is 2.18. The smallest absolute Gasteiger partial charge is 0.271 e. The number of carbonyl (C=O) groups excluding carboxylic acids is 1. The van der Waals surface area contributed by atoms with Crippen molar-refractivity contribution in [2.24, 2.45) is 5.41 Å². The molecule has 1 fully saturated rings. The van der Waals surface area contributed by atoms with Crippen LogP contribution in [0.4, 0.5) is 5.69 Å². The van der Waals surface area contributed by atoms with Crippen LogP contribution in [0.5, 0.6) is 0 Å². The molecule has 108 valence electrons. The molecule has 1 aromatic heterocycles. The molecule has 2 heterocycles. The third-order valence-corrected chi connectivity index (χ3v) is 3.49. The Morgan fingerprint density at radius 3 is 2.74 bits per heavy atom. The summed E-state index contributed by atoms with van der Waals surface area (Å²) >= 11 is 3.25. The number of halogens is 3. The third-order valence-electron chi connectivity index (χ3n) is 3.03. The Morgan fingerprint density at radius 1 is 1.47 bits per heavy atom. The highest BCUT2D eigenvalue weighted by Crippen LogP contribution is 2.26. The maximum Gasteiger partial charge on any atom is 0.271 e. The molecule has 0 radical (unpaired) electrons. The predicted octanol–water partition coefficient (Wildman–Crippen LogP) is 1.92. The molecule has 1 aliphatic rings. The molecule has 19 heavy (non-hydrogen) atoms. The topological polar surface area (TPSA) is 74.0 Å². The fourth-order valence-electron chi connectivity index (χ4n) is 1.83. The zero-order chi connectivity index (χ0) is 12.5. The Balaban J connectivity index is 0.00000162. The highest BCUT2D eigenvalue weighted by molar-refractivity contribution is 9.10. The molecule has 5 nitrogen and oxygen atoms in total. The van der Waals surface area contributed by atoms with Crippen LogP contribution in [0.3, 0.4) is 0 Å². The molecule has 3 N–H and O–H groups in total. The van der Waals surface area contributed by atoms with E-state index in [1.54, 1.807) is 6.07 Å². The monoisotopic (exact) mass is 371 g/mol. The first-order valence-corrected chi connectivity index (χ1v) is 6.21. The number of anilines is 1. The van der Waals surface area contributed by atoms with Crippen molar-refractivity contribution in [1.29, 1.82) is 0 Å². The Morgan fingerprint density at radius 2 is 2.16 bits per heavy atom. The van der Waals surface area contributed by atoms with Gasteiger partial charge in [-0.05, 0) is 41.9 Å². The molecule has 8 heteroatoms. The average Bonchev–Trinajstić information content (AvgIpc) is 2.72. The maximum absolute atomic E-state index is 12.1. The Labute approximate surface area is 131 Å². The number of carbonyl (C=O) groups is 1. The first-order chi connectivity index (χ1) is 8.01. The van der Waals surface area contributed by atoms with E-state index in [2.05, 4.69) is 31.5 Å². The van der Waals surface area contributed by atoms with E-state index in [-0.39, 0.29) is 42.0 Å². The molecular weight excluding hydrogens is 357 g/mol.